The zero-order valence-corrected chi connectivity index (χ0v) is 11.7. The molecule has 4 nitrogen and oxygen atoms in total. The lowest BCUT2D eigenvalue weighted by molar-refractivity contribution is -0.141. The Morgan fingerprint density at radius 2 is 2.09 bits per heavy atom. The molecule has 0 aliphatic carbocycles. The number of fused-ring (bicyclic) bond motifs is 1. The largest absolute Gasteiger partial charge is 0.510 e. The second-order valence-electron chi connectivity index (χ2n) is 5.11. The molecule has 0 saturated heterocycles. The zero-order chi connectivity index (χ0) is 15.7. The van der Waals surface area contributed by atoms with E-state index in [1.807, 2.05) is 36.4 Å². The molecule has 0 saturated carbocycles. The Balaban J connectivity index is 2.12. The van der Waals surface area contributed by atoms with Crippen molar-refractivity contribution in [2.75, 3.05) is 0 Å². The first-order valence-electron chi connectivity index (χ1n) is 6.78. The van der Waals surface area contributed by atoms with E-state index in [2.05, 4.69) is 10.9 Å². The first-order chi connectivity index (χ1) is 10.6. The Bertz CT molecular complexity index is 872. The summed E-state index contributed by atoms with van der Waals surface area (Å²) in [7, 11) is 0. The Kier molecular flexibility index (Phi) is 3.40. The Hall–Kier alpha value is -3.06. The number of aliphatic hydroxyl groups excluding tert-OH is 1. The van der Waals surface area contributed by atoms with Gasteiger partial charge in [0.25, 0.3) is 0 Å². The zero-order valence-electron chi connectivity index (χ0n) is 11.7. The van der Waals surface area contributed by atoms with Crippen molar-refractivity contribution in [1.82, 2.24) is 0 Å². The molecule has 0 radical (unpaired) electrons. The van der Waals surface area contributed by atoms with Gasteiger partial charge in [0, 0.05) is 17.7 Å². The highest BCUT2D eigenvalue weighted by molar-refractivity contribution is 6.07. The van der Waals surface area contributed by atoms with Gasteiger partial charge in [-0.1, -0.05) is 30.2 Å². The highest BCUT2D eigenvalue weighted by atomic mass is 16.4. The van der Waals surface area contributed by atoms with Crippen LogP contribution in [0.4, 0.5) is 0 Å². The van der Waals surface area contributed by atoms with Crippen LogP contribution in [0.25, 0.3) is 10.8 Å². The lowest BCUT2D eigenvalue weighted by atomic mass is 9.91. The summed E-state index contributed by atoms with van der Waals surface area (Å²) in [6.07, 6.45) is 6.91. The monoisotopic (exact) mass is 291 g/mol. The third kappa shape index (κ3) is 2.33. The average Bonchev–Trinajstić information content (AvgIpc) is 2.54. The fourth-order valence-electron chi connectivity index (χ4n) is 2.59. The van der Waals surface area contributed by atoms with Crippen molar-refractivity contribution < 1.29 is 15.0 Å². The lowest BCUT2D eigenvalue weighted by Crippen LogP contribution is -2.23. The molecule has 0 amide bonds. The normalized spacial score (nSPS) is 17.5. The van der Waals surface area contributed by atoms with Gasteiger partial charge >= 0.3 is 5.97 Å². The van der Waals surface area contributed by atoms with Gasteiger partial charge in [-0.15, -0.1) is 6.42 Å². The van der Waals surface area contributed by atoms with Gasteiger partial charge in [0.1, 0.15) is 11.7 Å². The smallest absolute Gasteiger partial charge is 0.314 e. The number of rotatable bonds is 2. The van der Waals surface area contributed by atoms with Crippen LogP contribution in [0, 0.1) is 18.3 Å². The maximum Gasteiger partial charge on any atom is 0.314 e. The second kappa shape index (κ2) is 5.38. The minimum atomic E-state index is -1.07. The van der Waals surface area contributed by atoms with Gasteiger partial charge in [0.2, 0.25) is 0 Å². The molecule has 2 aromatic carbocycles. The lowest BCUT2D eigenvalue weighted by Gasteiger charge is -2.17. The van der Waals surface area contributed by atoms with E-state index in [1.165, 1.54) is 6.20 Å². The van der Waals surface area contributed by atoms with Gasteiger partial charge in [-0.2, -0.15) is 0 Å². The third-order valence-corrected chi connectivity index (χ3v) is 3.76. The highest BCUT2D eigenvalue weighted by Gasteiger charge is 2.27. The van der Waals surface area contributed by atoms with E-state index in [4.69, 9.17) is 11.5 Å². The van der Waals surface area contributed by atoms with Crippen LogP contribution in [0.1, 0.15) is 17.5 Å². The third-order valence-electron chi connectivity index (χ3n) is 3.76. The molecular formula is C18H13NO3. The number of carbonyl (C=O) groups is 1. The predicted molar refractivity (Wildman–Crippen MR) is 84.9 cm³/mol. The van der Waals surface area contributed by atoms with E-state index in [0.717, 1.165) is 21.9 Å². The molecule has 1 heterocycles. The number of carboxylic acids is 1. The van der Waals surface area contributed by atoms with E-state index in [9.17, 15) is 9.90 Å². The number of aliphatic carboxylic acids is 1. The summed E-state index contributed by atoms with van der Waals surface area (Å²) in [6.45, 7) is 0. The van der Waals surface area contributed by atoms with Gasteiger partial charge in [-0.05, 0) is 28.5 Å². The van der Waals surface area contributed by atoms with Crippen molar-refractivity contribution in [3.8, 4) is 12.3 Å². The molecule has 1 unspecified atom stereocenters. The summed E-state index contributed by atoms with van der Waals surface area (Å²) >= 11 is 0. The Morgan fingerprint density at radius 1 is 1.32 bits per heavy atom. The maximum absolute atomic E-state index is 11.2. The average molecular weight is 291 g/mol. The molecule has 1 aliphatic rings. The molecule has 0 bridgehead atoms. The number of nitrogens with zero attached hydrogens (tertiary/aromatic N) is 1. The van der Waals surface area contributed by atoms with Crippen LogP contribution in [0.2, 0.25) is 0 Å². The summed E-state index contributed by atoms with van der Waals surface area (Å²) in [5.41, 5.74) is 2.12. The van der Waals surface area contributed by atoms with Crippen LogP contribution in [0.5, 0.6) is 0 Å². The first-order valence-corrected chi connectivity index (χ1v) is 6.78. The fraction of sp³-hybridized carbons (Fsp3) is 0.111. The molecule has 1 aliphatic heterocycles. The first kappa shape index (κ1) is 13.9. The molecule has 2 aromatic rings. The molecule has 3 rings (SSSR count). The van der Waals surface area contributed by atoms with Crippen molar-refractivity contribution in [2.45, 2.75) is 6.42 Å². The van der Waals surface area contributed by atoms with Crippen molar-refractivity contribution in [3.63, 3.8) is 0 Å². The minimum absolute atomic E-state index is 0.139. The number of carboxylic acid groups (broad SMARTS) is 1. The van der Waals surface area contributed by atoms with Crippen molar-refractivity contribution >= 4 is 22.5 Å². The molecule has 4 heteroatoms. The van der Waals surface area contributed by atoms with Crippen LogP contribution in [-0.2, 0) is 4.79 Å². The van der Waals surface area contributed by atoms with E-state index in [1.54, 1.807) is 0 Å². The predicted octanol–water partition coefficient (Wildman–Crippen LogP) is 3.11. The Morgan fingerprint density at radius 3 is 2.82 bits per heavy atom. The maximum atomic E-state index is 11.2. The van der Waals surface area contributed by atoms with Gasteiger partial charge in [-0.3, -0.25) is 9.79 Å². The van der Waals surface area contributed by atoms with Gasteiger partial charge in [-0.25, -0.2) is 0 Å². The summed E-state index contributed by atoms with van der Waals surface area (Å²) in [5.74, 6) is 0.394. The summed E-state index contributed by atoms with van der Waals surface area (Å²) in [5, 5.41) is 20.7. The highest BCUT2D eigenvalue weighted by Crippen LogP contribution is 2.26. The fourth-order valence-corrected chi connectivity index (χ4v) is 2.59. The van der Waals surface area contributed by atoms with Crippen LogP contribution >= 0.6 is 0 Å². The number of benzene rings is 2. The SMILES string of the molecule is C#Cc1cc(C2=NC=C(O)C(C(=O)O)C2)cc2ccccc12. The van der Waals surface area contributed by atoms with Crippen molar-refractivity contribution in [2.24, 2.45) is 10.9 Å². The van der Waals surface area contributed by atoms with Crippen LogP contribution in [0.3, 0.4) is 0 Å². The van der Waals surface area contributed by atoms with Crippen molar-refractivity contribution in [3.05, 3.63) is 59.5 Å². The quantitative estimate of drug-likeness (QED) is 0.835. The molecular weight excluding hydrogens is 278 g/mol. The molecule has 22 heavy (non-hydrogen) atoms. The number of aliphatic hydroxyl groups is 1. The van der Waals surface area contributed by atoms with Gasteiger partial charge in [0.05, 0.1) is 6.20 Å². The molecule has 1 atom stereocenters. The second-order valence-corrected chi connectivity index (χ2v) is 5.11. The van der Waals surface area contributed by atoms with Gasteiger partial charge < -0.3 is 10.2 Å². The number of hydrogen-bond donors (Lipinski definition) is 2. The standard InChI is InChI=1S/C18H13NO3/c1-2-11-7-13(8-12-5-3-4-6-14(11)12)16-9-15(18(21)22)17(20)10-19-16/h1,3-8,10,15,20H,9H2,(H,21,22). The van der Waals surface area contributed by atoms with Crippen LogP contribution in [0.15, 0.2) is 53.3 Å². The Labute approximate surface area is 127 Å². The molecule has 2 N–H and O–H groups in total. The molecule has 0 spiro atoms. The number of aliphatic imine (C=N–C) groups is 1. The van der Waals surface area contributed by atoms with E-state index < -0.39 is 11.9 Å². The van der Waals surface area contributed by atoms with E-state index in [-0.39, 0.29) is 12.2 Å². The van der Waals surface area contributed by atoms with E-state index >= 15 is 0 Å². The molecule has 0 aromatic heterocycles. The summed E-state index contributed by atoms with van der Waals surface area (Å²) < 4.78 is 0. The van der Waals surface area contributed by atoms with Crippen LogP contribution in [-0.4, -0.2) is 21.9 Å². The van der Waals surface area contributed by atoms with E-state index in [0.29, 0.717) is 5.71 Å². The summed E-state index contributed by atoms with van der Waals surface area (Å²) in [6, 6.07) is 11.5. The topological polar surface area (TPSA) is 69.9 Å². The molecule has 108 valence electrons. The van der Waals surface area contributed by atoms with Crippen molar-refractivity contribution in [1.29, 1.82) is 0 Å². The van der Waals surface area contributed by atoms with Gasteiger partial charge in [0.15, 0.2) is 0 Å². The number of hydrogen-bond acceptors (Lipinski definition) is 3. The molecule has 0 fully saturated rings. The number of terminal acetylenes is 1. The van der Waals surface area contributed by atoms with Crippen LogP contribution < -0.4 is 0 Å². The minimum Gasteiger partial charge on any atom is -0.510 e. The summed E-state index contributed by atoms with van der Waals surface area (Å²) in [4.78, 5) is 15.4.